The molecule has 1 fully saturated rings. The van der Waals surface area contributed by atoms with Crippen molar-refractivity contribution in [3.05, 3.63) is 53.5 Å². The minimum absolute atomic E-state index is 0.254. The third-order valence-corrected chi connectivity index (χ3v) is 4.32. The number of nitrogens with one attached hydrogen (secondary N) is 1. The molecule has 2 N–H and O–H groups in total. The van der Waals surface area contributed by atoms with Gasteiger partial charge in [0.25, 0.3) is 0 Å². The van der Waals surface area contributed by atoms with Crippen LogP contribution in [0.2, 0.25) is 0 Å². The van der Waals surface area contributed by atoms with Crippen LogP contribution < -0.4 is 5.32 Å². The smallest absolute Gasteiger partial charge is 0.147 e. The summed E-state index contributed by atoms with van der Waals surface area (Å²) in [5, 5.41) is 13.5. The molecule has 0 aliphatic carbocycles. The highest BCUT2D eigenvalue weighted by atomic mass is 16.3. The summed E-state index contributed by atoms with van der Waals surface area (Å²) in [7, 11) is 0. The molecule has 1 aliphatic heterocycles. The molecule has 5 heteroatoms. The summed E-state index contributed by atoms with van der Waals surface area (Å²) in [6.45, 7) is 6.25. The van der Waals surface area contributed by atoms with Gasteiger partial charge in [-0.2, -0.15) is 0 Å². The van der Waals surface area contributed by atoms with Crippen LogP contribution in [0.15, 0.2) is 36.5 Å². The summed E-state index contributed by atoms with van der Waals surface area (Å²) in [5.41, 5.74) is 3.09. The minimum atomic E-state index is -0.254. The normalized spacial score (nSPS) is 21.5. The minimum Gasteiger partial charge on any atom is -0.392 e. The van der Waals surface area contributed by atoms with E-state index in [1.54, 1.807) is 6.20 Å². The van der Waals surface area contributed by atoms with E-state index < -0.39 is 0 Å². The molecule has 1 aliphatic rings. The molecular formula is C18H24N4O. The molecule has 2 aromatic rings. The van der Waals surface area contributed by atoms with Crippen molar-refractivity contribution in [1.29, 1.82) is 0 Å². The number of hydrogen-bond acceptors (Lipinski definition) is 5. The molecule has 0 spiro atoms. The third kappa shape index (κ3) is 4.06. The van der Waals surface area contributed by atoms with E-state index in [4.69, 9.17) is 0 Å². The summed E-state index contributed by atoms with van der Waals surface area (Å²) in [6, 6.07) is 10.7. The number of aliphatic hydroxyl groups is 1. The van der Waals surface area contributed by atoms with E-state index in [0.717, 1.165) is 43.3 Å². The van der Waals surface area contributed by atoms with Crippen LogP contribution in [-0.2, 0) is 6.54 Å². The lowest BCUT2D eigenvalue weighted by Gasteiger charge is -2.25. The lowest BCUT2D eigenvalue weighted by atomic mass is 10.1. The highest BCUT2D eigenvalue weighted by Gasteiger charge is 2.30. The first-order valence-corrected chi connectivity index (χ1v) is 8.12. The maximum atomic E-state index is 10.0. The molecule has 122 valence electrons. The quantitative estimate of drug-likeness (QED) is 0.886. The number of β-amino-alcohol motifs (C(OH)–C–C–N with tert-alkyl or cyclic N) is 1. The van der Waals surface area contributed by atoms with Gasteiger partial charge in [-0.1, -0.05) is 30.3 Å². The average molecular weight is 312 g/mol. The molecule has 1 aromatic carbocycles. The lowest BCUT2D eigenvalue weighted by Crippen LogP contribution is -2.34. The van der Waals surface area contributed by atoms with Crippen molar-refractivity contribution >= 4 is 5.82 Å². The summed E-state index contributed by atoms with van der Waals surface area (Å²) in [5.74, 6) is 0.839. The van der Waals surface area contributed by atoms with Crippen LogP contribution in [0.4, 0.5) is 5.82 Å². The van der Waals surface area contributed by atoms with Gasteiger partial charge in [0.1, 0.15) is 5.82 Å². The first-order chi connectivity index (χ1) is 11.1. The molecule has 0 bridgehead atoms. The predicted molar refractivity (Wildman–Crippen MR) is 91.3 cm³/mol. The Morgan fingerprint density at radius 2 is 2.04 bits per heavy atom. The Labute approximate surface area is 137 Å². The van der Waals surface area contributed by atoms with E-state index in [-0.39, 0.29) is 6.10 Å². The highest BCUT2D eigenvalue weighted by molar-refractivity contribution is 5.39. The summed E-state index contributed by atoms with van der Waals surface area (Å²) >= 11 is 0. The number of aliphatic hydroxyl groups excluding tert-OH is 1. The fourth-order valence-electron chi connectivity index (χ4n) is 3.10. The van der Waals surface area contributed by atoms with E-state index in [2.05, 4.69) is 44.5 Å². The summed E-state index contributed by atoms with van der Waals surface area (Å²) < 4.78 is 0. The van der Waals surface area contributed by atoms with E-state index in [0.29, 0.717) is 6.04 Å². The standard InChI is InChI=1S/C18H24N4O/c1-13-9-19-14(2)18(21-13)20-10-16-8-17(23)12-22(16)11-15-6-4-3-5-7-15/h3-7,9,16-17,23H,8,10-12H2,1-2H3,(H,20,21)/t16-,17-/m1/s1. The van der Waals surface area contributed by atoms with Gasteiger partial charge in [0, 0.05) is 31.9 Å². The zero-order valence-corrected chi connectivity index (χ0v) is 13.7. The second-order valence-electron chi connectivity index (χ2n) is 6.28. The number of benzene rings is 1. The molecule has 1 aromatic heterocycles. The topological polar surface area (TPSA) is 61.3 Å². The van der Waals surface area contributed by atoms with Gasteiger partial charge in [0.05, 0.1) is 17.5 Å². The predicted octanol–water partition coefficient (Wildman–Crippen LogP) is 2.14. The maximum absolute atomic E-state index is 10.0. The molecule has 2 heterocycles. The largest absolute Gasteiger partial charge is 0.392 e. The van der Waals surface area contributed by atoms with Crippen molar-refractivity contribution in [2.75, 3.05) is 18.4 Å². The molecule has 0 saturated carbocycles. The molecule has 2 atom stereocenters. The van der Waals surface area contributed by atoms with E-state index in [9.17, 15) is 5.11 Å². The Balaban J connectivity index is 1.64. The maximum Gasteiger partial charge on any atom is 0.147 e. The van der Waals surface area contributed by atoms with Crippen molar-refractivity contribution in [2.24, 2.45) is 0 Å². The van der Waals surface area contributed by atoms with Crippen LogP contribution in [-0.4, -0.2) is 45.2 Å². The number of aromatic nitrogens is 2. The molecule has 0 unspecified atom stereocenters. The Bertz CT molecular complexity index is 647. The zero-order chi connectivity index (χ0) is 16.2. The number of hydrogen-bond donors (Lipinski definition) is 2. The second kappa shape index (κ2) is 7.06. The number of nitrogens with zero attached hydrogens (tertiary/aromatic N) is 3. The van der Waals surface area contributed by atoms with Crippen LogP contribution in [0.5, 0.6) is 0 Å². The molecule has 5 nitrogen and oxygen atoms in total. The molecular weight excluding hydrogens is 288 g/mol. The first kappa shape index (κ1) is 15.9. The zero-order valence-electron chi connectivity index (χ0n) is 13.7. The monoisotopic (exact) mass is 312 g/mol. The van der Waals surface area contributed by atoms with Gasteiger partial charge >= 0.3 is 0 Å². The average Bonchev–Trinajstić information content (AvgIpc) is 2.89. The first-order valence-electron chi connectivity index (χ1n) is 8.12. The van der Waals surface area contributed by atoms with Gasteiger partial charge in [0.2, 0.25) is 0 Å². The third-order valence-electron chi connectivity index (χ3n) is 4.32. The number of likely N-dealkylation sites (tertiary alicyclic amines) is 1. The van der Waals surface area contributed by atoms with E-state index in [1.165, 1.54) is 5.56 Å². The van der Waals surface area contributed by atoms with Crippen LogP contribution in [0.3, 0.4) is 0 Å². The van der Waals surface area contributed by atoms with Gasteiger partial charge < -0.3 is 10.4 Å². The van der Waals surface area contributed by atoms with Gasteiger partial charge in [-0.3, -0.25) is 9.88 Å². The van der Waals surface area contributed by atoms with Crippen LogP contribution in [0.1, 0.15) is 23.4 Å². The Morgan fingerprint density at radius 3 is 2.83 bits per heavy atom. The number of anilines is 1. The van der Waals surface area contributed by atoms with Crippen molar-refractivity contribution in [2.45, 2.75) is 39.0 Å². The van der Waals surface area contributed by atoms with Crippen molar-refractivity contribution in [3.8, 4) is 0 Å². The number of aryl methyl sites for hydroxylation is 2. The molecule has 0 radical (unpaired) electrons. The van der Waals surface area contributed by atoms with Crippen LogP contribution >= 0.6 is 0 Å². The summed E-state index contributed by atoms with van der Waals surface area (Å²) in [6.07, 6.45) is 2.31. The second-order valence-corrected chi connectivity index (χ2v) is 6.28. The fraction of sp³-hybridized carbons (Fsp3) is 0.444. The van der Waals surface area contributed by atoms with Crippen molar-refractivity contribution < 1.29 is 5.11 Å². The molecule has 23 heavy (non-hydrogen) atoms. The SMILES string of the molecule is Cc1cnc(C)c(NC[C@H]2C[C@@H](O)CN2Cc2ccccc2)n1. The Kier molecular flexibility index (Phi) is 4.88. The van der Waals surface area contributed by atoms with Crippen LogP contribution in [0.25, 0.3) is 0 Å². The lowest BCUT2D eigenvalue weighted by molar-refractivity contribution is 0.173. The van der Waals surface area contributed by atoms with E-state index in [1.807, 2.05) is 19.9 Å². The fourth-order valence-corrected chi connectivity index (χ4v) is 3.10. The molecule has 3 rings (SSSR count). The molecule has 0 amide bonds. The summed E-state index contributed by atoms with van der Waals surface area (Å²) in [4.78, 5) is 11.2. The Morgan fingerprint density at radius 1 is 1.26 bits per heavy atom. The van der Waals surface area contributed by atoms with Gasteiger partial charge in [0.15, 0.2) is 0 Å². The Hall–Kier alpha value is -1.98. The number of rotatable bonds is 5. The van der Waals surface area contributed by atoms with Gasteiger partial charge in [-0.15, -0.1) is 0 Å². The van der Waals surface area contributed by atoms with Crippen LogP contribution in [0, 0.1) is 13.8 Å². The van der Waals surface area contributed by atoms with E-state index >= 15 is 0 Å². The molecule has 1 saturated heterocycles. The highest BCUT2D eigenvalue weighted by Crippen LogP contribution is 2.21. The van der Waals surface area contributed by atoms with Crippen molar-refractivity contribution in [3.63, 3.8) is 0 Å². The van der Waals surface area contributed by atoms with Gasteiger partial charge in [-0.25, -0.2) is 4.98 Å². The van der Waals surface area contributed by atoms with Crippen molar-refractivity contribution in [1.82, 2.24) is 14.9 Å². The van der Waals surface area contributed by atoms with Gasteiger partial charge in [-0.05, 0) is 25.8 Å².